The van der Waals surface area contributed by atoms with Gasteiger partial charge in [0.15, 0.2) is 0 Å². The summed E-state index contributed by atoms with van der Waals surface area (Å²) in [6, 6.07) is 1.64. The van der Waals surface area contributed by atoms with Gasteiger partial charge >= 0.3 is 6.03 Å². The second-order valence-corrected chi connectivity index (χ2v) is 6.13. The molecule has 0 radical (unpaired) electrons. The summed E-state index contributed by atoms with van der Waals surface area (Å²) in [5.41, 5.74) is 0.745. The van der Waals surface area contributed by atoms with Gasteiger partial charge in [0.2, 0.25) is 0 Å². The van der Waals surface area contributed by atoms with Crippen LogP contribution in [0.3, 0.4) is 0 Å². The van der Waals surface area contributed by atoms with Gasteiger partial charge in [-0.2, -0.15) is 0 Å². The number of rotatable bonds is 4. The highest BCUT2D eigenvalue weighted by Gasteiger charge is 2.30. The molecular formula is C16H24N4O3. The van der Waals surface area contributed by atoms with Gasteiger partial charge in [0.1, 0.15) is 12.1 Å². The highest BCUT2D eigenvalue weighted by molar-refractivity contribution is 5.88. The van der Waals surface area contributed by atoms with Crippen LogP contribution in [0, 0.1) is 5.92 Å². The number of anilines is 1. The maximum absolute atomic E-state index is 12.4. The van der Waals surface area contributed by atoms with Crippen LogP contribution in [0.5, 0.6) is 0 Å². The summed E-state index contributed by atoms with van der Waals surface area (Å²) in [7, 11) is 1.61. The Hall–Kier alpha value is -1.73. The molecule has 1 N–H and O–H groups in total. The third-order valence-electron chi connectivity index (χ3n) is 4.57. The lowest BCUT2D eigenvalue weighted by atomic mass is 9.90. The first-order chi connectivity index (χ1) is 11.3. The molecule has 3 heterocycles. The highest BCUT2D eigenvalue weighted by atomic mass is 16.5. The number of methoxy groups -OCH3 is 1. The van der Waals surface area contributed by atoms with Crippen molar-refractivity contribution >= 4 is 11.8 Å². The minimum Gasteiger partial charge on any atom is -0.378 e. The van der Waals surface area contributed by atoms with Crippen LogP contribution in [0.1, 0.15) is 31.4 Å². The molecule has 7 nitrogen and oxygen atoms in total. The fourth-order valence-electron chi connectivity index (χ4n) is 3.33. The van der Waals surface area contributed by atoms with Crippen LogP contribution >= 0.6 is 0 Å². The van der Waals surface area contributed by atoms with E-state index in [-0.39, 0.29) is 6.03 Å². The van der Waals surface area contributed by atoms with E-state index < -0.39 is 0 Å². The SMILES string of the molecule is COCc1cc(NC(=O)N2CCC([C@H]3CCCO3)CC2)ncn1. The Morgan fingerprint density at radius 2 is 2.22 bits per heavy atom. The van der Waals surface area contributed by atoms with Crippen molar-refractivity contribution in [1.82, 2.24) is 14.9 Å². The molecule has 3 rings (SSSR count). The van der Waals surface area contributed by atoms with Crippen LogP contribution in [0.15, 0.2) is 12.4 Å². The third-order valence-corrected chi connectivity index (χ3v) is 4.57. The standard InChI is InChI=1S/C16H24N4O3/c1-22-10-13-9-15(18-11-17-13)19-16(21)20-6-4-12(5-7-20)14-3-2-8-23-14/h9,11-12,14H,2-8,10H2,1H3,(H,17,18,19,21)/t14-/m1/s1. The number of hydrogen-bond donors (Lipinski definition) is 1. The van der Waals surface area contributed by atoms with E-state index in [1.807, 2.05) is 4.90 Å². The molecule has 2 amide bonds. The predicted octanol–water partition coefficient (Wildman–Crippen LogP) is 2.05. The van der Waals surface area contributed by atoms with E-state index in [2.05, 4.69) is 15.3 Å². The molecule has 1 aromatic rings. The van der Waals surface area contributed by atoms with Gasteiger partial charge in [-0.15, -0.1) is 0 Å². The van der Waals surface area contributed by atoms with Gasteiger partial charge in [-0.3, -0.25) is 5.32 Å². The summed E-state index contributed by atoms with van der Waals surface area (Å²) < 4.78 is 10.8. The first-order valence-electron chi connectivity index (χ1n) is 8.23. The minimum absolute atomic E-state index is 0.0992. The predicted molar refractivity (Wildman–Crippen MR) is 85.0 cm³/mol. The lowest BCUT2D eigenvalue weighted by Gasteiger charge is -2.34. The zero-order valence-electron chi connectivity index (χ0n) is 13.5. The Labute approximate surface area is 136 Å². The number of likely N-dealkylation sites (tertiary alicyclic amines) is 1. The molecule has 23 heavy (non-hydrogen) atoms. The van der Waals surface area contributed by atoms with Gasteiger partial charge < -0.3 is 14.4 Å². The number of hydrogen-bond acceptors (Lipinski definition) is 5. The van der Waals surface area contributed by atoms with E-state index >= 15 is 0 Å². The monoisotopic (exact) mass is 320 g/mol. The Morgan fingerprint density at radius 3 is 2.91 bits per heavy atom. The maximum atomic E-state index is 12.4. The number of piperidine rings is 1. The molecule has 0 bridgehead atoms. The molecule has 2 aliphatic rings. The summed E-state index contributed by atoms with van der Waals surface area (Å²) in [4.78, 5) is 22.4. The number of ether oxygens (including phenoxy) is 2. The third kappa shape index (κ3) is 4.17. The van der Waals surface area contributed by atoms with E-state index in [9.17, 15) is 4.79 Å². The van der Waals surface area contributed by atoms with E-state index in [1.165, 1.54) is 19.2 Å². The van der Waals surface area contributed by atoms with Crippen molar-refractivity contribution in [2.75, 3.05) is 32.1 Å². The smallest absolute Gasteiger partial charge is 0.323 e. The van der Waals surface area contributed by atoms with Crippen molar-refractivity contribution in [2.24, 2.45) is 5.92 Å². The molecule has 0 spiro atoms. The Morgan fingerprint density at radius 1 is 1.39 bits per heavy atom. The Kier molecular flexibility index (Phi) is 5.40. The van der Waals surface area contributed by atoms with Gasteiger partial charge in [0.05, 0.1) is 18.4 Å². The molecule has 126 valence electrons. The molecule has 0 unspecified atom stereocenters. The van der Waals surface area contributed by atoms with Crippen molar-refractivity contribution in [3.63, 3.8) is 0 Å². The summed E-state index contributed by atoms with van der Waals surface area (Å²) in [5, 5.41) is 2.84. The van der Waals surface area contributed by atoms with Gasteiger partial charge in [-0.05, 0) is 31.6 Å². The Bertz CT molecular complexity index is 526. The lowest BCUT2D eigenvalue weighted by molar-refractivity contribution is 0.0382. The average molecular weight is 320 g/mol. The topological polar surface area (TPSA) is 76.6 Å². The van der Waals surface area contributed by atoms with Gasteiger partial charge in [-0.1, -0.05) is 0 Å². The number of aromatic nitrogens is 2. The van der Waals surface area contributed by atoms with Gasteiger partial charge in [0.25, 0.3) is 0 Å². The van der Waals surface area contributed by atoms with Crippen LogP contribution < -0.4 is 5.32 Å². The molecule has 7 heteroatoms. The van der Waals surface area contributed by atoms with Crippen molar-refractivity contribution in [3.8, 4) is 0 Å². The molecule has 2 fully saturated rings. The van der Waals surface area contributed by atoms with E-state index in [1.54, 1.807) is 13.2 Å². The summed E-state index contributed by atoms with van der Waals surface area (Å²) in [6.07, 6.45) is 6.20. The molecule has 1 aromatic heterocycles. The van der Waals surface area contributed by atoms with Crippen LogP contribution in [0.2, 0.25) is 0 Å². The first kappa shape index (κ1) is 16.1. The van der Waals surface area contributed by atoms with Crippen LogP contribution in [0.4, 0.5) is 10.6 Å². The molecule has 1 atom stereocenters. The number of urea groups is 1. The molecule has 2 saturated heterocycles. The maximum Gasteiger partial charge on any atom is 0.323 e. The second-order valence-electron chi connectivity index (χ2n) is 6.13. The van der Waals surface area contributed by atoms with Crippen LogP contribution in [0.25, 0.3) is 0 Å². The zero-order valence-corrected chi connectivity index (χ0v) is 13.5. The quantitative estimate of drug-likeness (QED) is 0.919. The lowest BCUT2D eigenvalue weighted by Crippen LogP contribution is -2.43. The average Bonchev–Trinajstić information content (AvgIpc) is 3.10. The fourth-order valence-corrected chi connectivity index (χ4v) is 3.33. The fraction of sp³-hybridized carbons (Fsp3) is 0.688. The molecule has 0 aliphatic carbocycles. The highest BCUT2D eigenvalue weighted by Crippen LogP contribution is 2.29. The summed E-state index contributed by atoms with van der Waals surface area (Å²) >= 11 is 0. The van der Waals surface area contributed by atoms with Crippen molar-refractivity contribution in [3.05, 3.63) is 18.1 Å². The van der Waals surface area contributed by atoms with Gasteiger partial charge in [0, 0.05) is 32.9 Å². The van der Waals surface area contributed by atoms with Crippen molar-refractivity contribution < 1.29 is 14.3 Å². The molecule has 0 saturated carbocycles. The Balaban J connectivity index is 1.50. The summed E-state index contributed by atoms with van der Waals surface area (Å²) in [5.74, 6) is 1.10. The van der Waals surface area contributed by atoms with Crippen LogP contribution in [-0.4, -0.2) is 53.8 Å². The van der Waals surface area contributed by atoms with E-state index in [0.717, 1.165) is 38.2 Å². The normalized spacial score (nSPS) is 22.3. The number of carbonyl (C=O) groups is 1. The number of nitrogens with one attached hydrogen (secondary N) is 1. The molecule has 2 aliphatic heterocycles. The van der Waals surface area contributed by atoms with Crippen molar-refractivity contribution in [1.29, 1.82) is 0 Å². The summed E-state index contributed by atoms with van der Waals surface area (Å²) in [6.45, 7) is 2.83. The number of nitrogens with zero attached hydrogens (tertiary/aromatic N) is 3. The molecular weight excluding hydrogens is 296 g/mol. The molecule has 0 aromatic carbocycles. The first-order valence-corrected chi connectivity index (χ1v) is 8.23. The second kappa shape index (κ2) is 7.70. The van der Waals surface area contributed by atoms with Crippen molar-refractivity contribution in [2.45, 2.75) is 38.4 Å². The zero-order chi connectivity index (χ0) is 16.1. The number of carbonyl (C=O) groups excluding carboxylic acids is 1. The van der Waals surface area contributed by atoms with E-state index in [0.29, 0.717) is 24.4 Å². The largest absolute Gasteiger partial charge is 0.378 e. The number of amides is 2. The minimum atomic E-state index is -0.0992. The van der Waals surface area contributed by atoms with Gasteiger partial charge in [-0.25, -0.2) is 14.8 Å². The van der Waals surface area contributed by atoms with E-state index in [4.69, 9.17) is 9.47 Å². The van der Waals surface area contributed by atoms with Crippen LogP contribution in [-0.2, 0) is 16.1 Å².